The number of nitrogens with zero attached hydrogens (tertiary/aromatic N) is 9. The number of rotatable bonds is 4. The fourth-order valence-electron chi connectivity index (χ4n) is 4.37. The van der Waals surface area contributed by atoms with Crippen LogP contribution in [0.2, 0.25) is 0 Å². The smallest absolute Gasteiger partial charge is 0.163 e. The van der Waals surface area contributed by atoms with Crippen LogP contribution in [-0.4, -0.2) is 39.5 Å². The van der Waals surface area contributed by atoms with Gasteiger partial charge in [0.2, 0.25) is 0 Å². The average Bonchev–Trinajstić information content (AvgIpc) is 3.52. The summed E-state index contributed by atoms with van der Waals surface area (Å²) in [5, 5.41) is 13.2. The Morgan fingerprint density at radius 1 is 1.00 bits per heavy atom. The molecule has 0 saturated carbocycles. The van der Waals surface area contributed by atoms with Crippen LogP contribution in [0.25, 0.3) is 28.2 Å². The van der Waals surface area contributed by atoms with Crippen molar-refractivity contribution in [3.05, 3.63) is 79.4 Å². The molecule has 0 fully saturated rings. The Balaban J connectivity index is 1.57. The van der Waals surface area contributed by atoms with Gasteiger partial charge in [-0.05, 0) is 18.1 Å². The van der Waals surface area contributed by atoms with Gasteiger partial charge in [0.15, 0.2) is 23.3 Å². The number of fused-ring (bicyclic) bond motifs is 3. The maximum Gasteiger partial charge on any atom is 0.163 e. The molecule has 5 heterocycles. The SMILES string of the molecule is CCC1c2nncn2-c2cnc(-c3ccncc3-c3ccccc3)nc2N1c1ccn(C)n1. The van der Waals surface area contributed by atoms with Crippen LogP contribution in [0, 0.1) is 0 Å². The fraction of sp³-hybridized carbons (Fsp3) is 0.167. The summed E-state index contributed by atoms with van der Waals surface area (Å²) in [5.41, 5.74) is 3.79. The van der Waals surface area contributed by atoms with Gasteiger partial charge in [0, 0.05) is 42.8 Å². The highest BCUT2D eigenvalue weighted by Crippen LogP contribution is 2.43. The van der Waals surface area contributed by atoms with Crippen molar-refractivity contribution in [2.24, 2.45) is 7.05 Å². The van der Waals surface area contributed by atoms with Gasteiger partial charge in [-0.15, -0.1) is 10.2 Å². The van der Waals surface area contributed by atoms with E-state index in [1.165, 1.54) is 0 Å². The lowest BCUT2D eigenvalue weighted by Gasteiger charge is -2.35. The van der Waals surface area contributed by atoms with Gasteiger partial charge in [0.05, 0.1) is 12.2 Å². The summed E-state index contributed by atoms with van der Waals surface area (Å²) in [5.74, 6) is 3.05. The summed E-state index contributed by atoms with van der Waals surface area (Å²) in [6.07, 6.45) is 9.93. The topological polar surface area (TPSA) is 90.4 Å². The Hall–Kier alpha value is -4.40. The highest BCUT2D eigenvalue weighted by atomic mass is 15.4. The Bertz CT molecular complexity index is 1440. The molecule has 4 aromatic heterocycles. The van der Waals surface area contributed by atoms with Crippen LogP contribution in [0.1, 0.15) is 25.2 Å². The lowest BCUT2D eigenvalue weighted by Crippen LogP contribution is -2.32. The van der Waals surface area contributed by atoms with Crippen molar-refractivity contribution >= 4 is 11.6 Å². The quantitative estimate of drug-likeness (QED) is 0.419. The third kappa shape index (κ3) is 3.08. The molecule has 9 heteroatoms. The third-order valence-corrected chi connectivity index (χ3v) is 5.90. The summed E-state index contributed by atoms with van der Waals surface area (Å²) in [6.45, 7) is 2.13. The molecule has 0 aliphatic carbocycles. The first-order valence-corrected chi connectivity index (χ1v) is 10.8. The second-order valence-corrected chi connectivity index (χ2v) is 7.89. The normalized spacial score (nSPS) is 14.7. The van der Waals surface area contributed by atoms with Crippen LogP contribution in [0.4, 0.5) is 11.6 Å². The molecule has 162 valence electrons. The van der Waals surface area contributed by atoms with E-state index in [2.05, 4.69) is 44.2 Å². The van der Waals surface area contributed by atoms with E-state index in [0.29, 0.717) is 5.82 Å². The molecule has 0 N–H and O–H groups in total. The molecule has 1 unspecified atom stereocenters. The highest BCUT2D eigenvalue weighted by Gasteiger charge is 2.36. The maximum atomic E-state index is 5.07. The number of benzene rings is 1. The van der Waals surface area contributed by atoms with Crippen LogP contribution in [0.15, 0.2) is 73.6 Å². The van der Waals surface area contributed by atoms with Crippen LogP contribution in [0.3, 0.4) is 0 Å². The first-order valence-electron chi connectivity index (χ1n) is 10.8. The lowest BCUT2D eigenvalue weighted by molar-refractivity contribution is 0.581. The molecule has 0 bridgehead atoms. The van der Waals surface area contributed by atoms with Gasteiger partial charge in [-0.2, -0.15) is 5.10 Å². The molecule has 1 aromatic carbocycles. The van der Waals surface area contributed by atoms with Crippen LogP contribution >= 0.6 is 0 Å². The van der Waals surface area contributed by atoms with Crippen LogP contribution in [-0.2, 0) is 7.05 Å². The number of hydrogen-bond acceptors (Lipinski definition) is 7. The summed E-state index contributed by atoms with van der Waals surface area (Å²) >= 11 is 0. The number of aryl methyl sites for hydroxylation is 1. The summed E-state index contributed by atoms with van der Waals surface area (Å²) < 4.78 is 3.76. The zero-order valence-corrected chi connectivity index (χ0v) is 18.2. The monoisotopic (exact) mass is 435 g/mol. The van der Waals surface area contributed by atoms with Gasteiger partial charge < -0.3 is 0 Å². The molecule has 5 aromatic rings. The lowest BCUT2D eigenvalue weighted by atomic mass is 10.0. The molecule has 0 spiro atoms. The van der Waals surface area contributed by atoms with E-state index in [1.54, 1.807) is 17.2 Å². The van der Waals surface area contributed by atoms with Gasteiger partial charge in [-0.25, -0.2) is 9.97 Å². The Morgan fingerprint density at radius 3 is 2.67 bits per heavy atom. The van der Waals surface area contributed by atoms with Crippen molar-refractivity contribution in [3.8, 4) is 28.2 Å². The first-order chi connectivity index (χ1) is 16.2. The van der Waals surface area contributed by atoms with Crippen molar-refractivity contribution in [3.63, 3.8) is 0 Å². The molecule has 6 rings (SSSR count). The molecule has 0 radical (unpaired) electrons. The van der Waals surface area contributed by atoms with E-state index >= 15 is 0 Å². The Morgan fingerprint density at radius 2 is 1.88 bits per heavy atom. The van der Waals surface area contributed by atoms with Gasteiger partial charge in [0.1, 0.15) is 12.0 Å². The average molecular weight is 435 g/mol. The van der Waals surface area contributed by atoms with Crippen molar-refractivity contribution in [2.75, 3.05) is 4.90 Å². The molecule has 0 amide bonds. The van der Waals surface area contributed by atoms with Crippen molar-refractivity contribution < 1.29 is 0 Å². The van der Waals surface area contributed by atoms with Crippen molar-refractivity contribution in [1.29, 1.82) is 0 Å². The molecule has 1 atom stereocenters. The molecular formula is C24H21N9. The zero-order chi connectivity index (χ0) is 22.4. The molecule has 0 saturated heterocycles. The standard InChI is InChI=1S/C24H21N9/c1-3-19-24-29-27-15-32(24)20-14-26-22(28-23(20)33(19)21-10-12-31(2)30-21)17-9-11-25-13-18(17)16-7-5-4-6-8-16/h4-15,19H,3H2,1-2H3. The van der Waals surface area contributed by atoms with Crippen LogP contribution in [0.5, 0.6) is 0 Å². The first kappa shape index (κ1) is 19.3. The molecule has 33 heavy (non-hydrogen) atoms. The number of pyridine rings is 1. The number of aromatic nitrogens is 8. The molecular weight excluding hydrogens is 414 g/mol. The molecule has 9 nitrogen and oxygen atoms in total. The van der Waals surface area contributed by atoms with Gasteiger partial charge in [-0.3, -0.25) is 19.1 Å². The van der Waals surface area contributed by atoms with Crippen LogP contribution < -0.4 is 4.90 Å². The Labute approximate surface area is 190 Å². The minimum Gasteiger partial charge on any atom is -0.297 e. The molecule has 1 aliphatic rings. The van der Waals surface area contributed by atoms with Crippen molar-refractivity contribution in [2.45, 2.75) is 19.4 Å². The summed E-state index contributed by atoms with van der Waals surface area (Å²) in [6, 6.07) is 14.1. The zero-order valence-electron chi connectivity index (χ0n) is 18.2. The van der Waals surface area contributed by atoms with E-state index in [0.717, 1.165) is 46.3 Å². The molecule has 1 aliphatic heterocycles. The van der Waals surface area contributed by atoms with Gasteiger partial charge >= 0.3 is 0 Å². The predicted molar refractivity (Wildman–Crippen MR) is 124 cm³/mol. The van der Waals surface area contributed by atoms with E-state index < -0.39 is 0 Å². The van der Waals surface area contributed by atoms with E-state index in [1.807, 2.05) is 60.5 Å². The van der Waals surface area contributed by atoms with Gasteiger partial charge in [-0.1, -0.05) is 37.3 Å². The second kappa shape index (κ2) is 7.63. The summed E-state index contributed by atoms with van der Waals surface area (Å²) in [7, 11) is 1.91. The number of hydrogen-bond donors (Lipinski definition) is 0. The number of anilines is 2. The second-order valence-electron chi connectivity index (χ2n) is 7.89. The van der Waals surface area contributed by atoms with E-state index in [9.17, 15) is 0 Å². The minimum absolute atomic E-state index is 0.0521. The third-order valence-electron chi connectivity index (χ3n) is 5.90. The maximum absolute atomic E-state index is 5.07. The van der Waals surface area contributed by atoms with Crippen molar-refractivity contribution in [1.82, 2.24) is 39.5 Å². The Kier molecular flexibility index (Phi) is 4.46. The minimum atomic E-state index is -0.0521. The summed E-state index contributed by atoms with van der Waals surface area (Å²) in [4.78, 5) is 16.3. The van der Waals surface area contributed by atoms with E-state index in [4.69, 9.17) is 9.97 Å². The fourth-order valence-corrected chi connectivity index (χ4v) is 4.37. The highest BCUT2D eigenvalue weighted by molar-refractivity contribution is 5.81. The predicted octanol–water partition coefficient (Wildman–Crippen LogP) is 4.12. The van der Waals surface area contributed by atoms with Gasteiger partial charge in [0.25, 0.3) is 0 Å². The largest absolute Gasteiger partial charge is 0.297 e. The van der Waals surface area contributed by atoms with E-state index in [-0.39, 0.29) is 6.04 Å².